The van der Waals surface area contributed by atoms with E-state index < -0.39 is 30.1 Å². The Labute approximate surface area is 378 Å². The number of aromatic nitrogens is 4. The molecule has 3 aromatic carbocycles. The van der Waals surface area contributed by atoms with Crippen LogP contribution in [0.1, 0.15) is 101 Å². The molecule has 3 fully saturated rings. The van der Waals surface area contributed by atoms with Gasteiger partial charge < -0.3 is 48.8 Å². The monoisotopic (exact) mass is 889 g/mol. The van der Waals surface area contributed by atoms with Crippen LogP contribution in [0.15, 0.2) is 48.7 Å². The van der Waals surface area contributed by atoms with Crippen molar-refractivity contribution in [3.8, 4) is 28.1 Å². The van der Waals surface area contributed by atoms with Crippen molar-refractivity contribution in [1.82, 2.24) is 35.1 Å². The van der Waals surface area contributed by atoms with Crippen LogP contribution in [-0.2, 0) is 39.9 Å². The first-order valence-electron chi connectivity index (χ1n) is 23.0. The Bertz CT molecular complexity index is 2600. The average molecular weight is 890 g/mol. The van der Waals surface area contributed by atoms with Gasteiger partial charge in [0.05, 0.1) is 67.7 Å². The first kappa shape index (κ1) is 44.2. The Morgan fingerprint density at radius 3 is 2.42 bits per heavy atom. The number of methoxy groups -OCH3 is 3. The van der Waals surface area contributed by atoms with Crippen molar-refractivity contribution in [3.05, 3.63) is 65.9 Å². The average Bonchev–Trinajstić information content (AvgIpc) is 4.17. The third-order valence-corrected chi connectivity index (χ3v) is 14.4. The third kappa shape index (κ3) is 8.30. The summed E-state index contributed by atoms with van der Waals surface area (Å²) in [6.45, 7) is 7.40. The first-order chi connectivity index (χ1) is 31.5. The second-order valence-electron chi connectivity index (χ2n) is 18.0. The zero-order chi connectivity index (χ0) is 45.5. The van der Waals surface area contributed by atoms with Crippen LogP contribution in [-0.4, -0.2) is 112 Å². The molecule has 7 atom stereocenters. The number of hydrogen-bond acceptors (Lipinski definition) is 11. The van der Waals surface area contributed by atoms with Crippen LogP contribution in [0, 0.1) is 11.8 Å². The number of benzene rings is 3. The molecule has 0 radical (unpaired) electrons. The van der Waals surface area contributed by atoms with Gasteiger partial charge in [0.15, 0.2) is 0 Å². The highest BCUT2D eigenvalue weighted by Gasteiger charge is 2.45. The summed E-state index contributed by atoms with van der Waals surface area (Å²) >= 11 is 0. The third-order valence-electron chi connectivity index (χ3n) is 14.4. The fourth-order valence-electron chi connectivity index (χ4n) is 10.6. The maximum Gasteiger partial charge on any atom is 0.407 e. The number of ether oxygens (including phenoxy) is 5. The highest BCUT2D eigenvalue weighted by molar-refractivity contribution is 6.07. The minimum Gasteiger partial charge on any atom is -0.488 e. The van der Waals surface area contributed by atoms with E-state index in [1.807, 2.05) is 29.0 Å². The summed E-state index contributed by atoms with van der Waals surface area (Å²) in [5.74, 6) is 0.742. The lowest BCUT2D eigenvalue weighted by Crippen LogP contribution is -2.54. The Kier molecular flexibility index (Phi) is 12.6. The predicted octanol–water partition coefficient (Wildman–Crippen LogP) is 7.53. The van der Waals surface area contributed by atoms with Gasteiger partial charge in [-0.05, 0) is 111 Å². The molecule has 3 saturated heterocycles. The maximum absolute atomic E-state index is 14.4. The van der Waals surface area contributed by atoms with E-state index in [0.717, 1.165) is 93.4 Å². The Morgan fingerprint density at radius 2 is 1.66 bits per heavy atom. The molecule has 344 valence electrons. The lowest BCUT2D eigenvalue weighted by molar-refractivity contribution is -0.152. The van der Waals surface area contributed by atoms with Crippen molar-refractivity contribution in [2.24, 2.45) is 11.8 Å². The summed E-state index contributed by atoms with van der Waals surface area (Å²) in [6.07, 6.45) is 5.97. The molecule has 4 aliphatic heterocycles. The summed E-state index contributed by atoms with van der Waals surface area (Å²) in [5.41, 5.74) is 6.57. The van der Waals surface area contributed by atoms with E-state index in [-0.39, 0.29) is 48.3 Å². The number of likely N-dealkylation sites (tertiary alicyclic amines) is 2. The normalized spacial score (nSPS) is 22.2. The number of amides is 3. The number of aromatic amines is 2. The van der Waals surface area contributed by atoms with E-state index in [1.165, 1.54) is 14.2 Å². The number of imidazole rings is 2. The number of carbonyl (C=O) groups excluding carboxylic acids is 4. The largest absolute Gasteiger partial charge is 0.488 e. The number of esters is 1. The molecule has 0 saturated carbocycles. The van der Waals surface area contributed by atoms with Gasteiger partial charge in [0, 0.05) is 43.4 Å². The van der Waals surface area contributed by atoms with Gasteiger partial charge in [-0.3, -0.25) is 14.4 Å². The number of alkyl carbamates (subject to hydrolysis) is 1. The Morgan fingerprint density at radius 1 is 0.877 bits per heavy atom. The van der Waals surface area contributed by atoms with Crippen molar-refractivity contribution in [1.29, 1.82) is 0 Å². The second-order valence-corrected chi connectivity index (χ2v) is 18.0. The summed E-state index contributed by atoms with van der Waals surface area (Å²) in [6, 6.07) is 13.4. The summed E-state index contributed by atoms with van der Waals surface area (Å²) in [7, 11) is 4.19. The van der Waals surface area contributed by atoms with Crippen LogP contribution in [0.25, 0.3) is 44.2 Å². The highest BCUT2D eigenvalue weighted by Crippen LogP contribution is 2.45. The van der Waals surface area contributed by atoms with Gasteiger partial charge in [0.1, 0.15) is 30.0 Å². The highest BCUT2D eigenvalue weighted by atomic mass is 16.5. The molecule has 9 rings (SSSR count). The minimum absolute atomic E-state index is 0.0203. The zero-order valence-corrected chi connectivity index (χ0v) is 38.0. The topological polar surface area (TPSA) is 190 Å². The zero-order valence-electron chi connectivity index (χ0n) is 38.0. The molecule has 65 heavy (non-hydrogen) atoms. The molecule has 3 N–H and O–H groups in total. The summed E-state index contributed by atoms with van der Waals surface area (Å²) in [5, 5.41) is 4.82. The Hall–Kier alpha value is -6.00. The number of nitrogens with zero attached hydrogens (tertiary/aromatic N) is 4. The van der Waals surface area contributed by atoms with Crippen LogP contribution < -0.4 is 10.1 Å². The molecule has 5 aromatic rings. The Balaban J connectivity index is 0.965. The van der Waals surface area contributed by atoms with Crippen molar-refractivity contribution in [2.45, 2.75) is 115 Å². The maximum atomic E-state index is 14.4. The lowest BCUT2D eigenvalue weighted by atomic mass is 9.90. The molecule has 3 amide bonds. The number of nitrogens with one attached hydrogen (secondary N) is 3. The number of carbonyl (C=O) groups is 4. The number of fused-ring (bicyclic) bond motifs is 6. The molecule has 2 aromatic heterocycles. The number of rotatable bonds is 12. The standard InChI is InChI=1S/C49H59N7O9/c1-7-32-11-15-39(56(32)48(59)43(54-49(60)63-6)28-16-18-64-19-17-28)45-50-24-38(52-45)30-9-12-33-31(20-30)25-65-41-22-35-29(21-36(33)41)10-13-37-44(35)53-46(51-37)40-14-8-26(2)55(40)47(58)34(27(3)61-4)23-42(57)62-5/h9-10,12-13,20-22,24,26-28,32,34,39-40,43H,7-8,11,14-19,23,25H2,1-6H3,(H,50,52)(H,51,53)(H,54,60)/t26-,27+,32-,34-,39-,40-,43?/m0/s1. The molecule has 0 spiro atoms. The van der Waals surface area contributed by atoms with Crippen molar-refractivity contribution >= 4 is 45.7 Å². The number of hydrogen-bond donors (Lipinski definition) is 3. The predicted molar refractivity (Wildman–Crippen MR) is 242 cm³/mol. The molecule has 0 bridgehead atoms. The van der Waals surface area contributed by atoms with Crippen LogP contribution >= 0.6 is 0 Å². The second kappa shape index (κ2) is 18.5. The van der Waals surface area contributed by atoms with E-state index in [2.05, 4.69) is 58.6 Å². The molecular formula is C49H59N7O9. The van der Waals surface area contributed by atoms with E-state index in [9.17, 15) is 19.2 Å². The van der Waals surface area contributed by atoms with Crippen LogP contribution in [0.5, 0.6) is 5.75 Å². The molecule has 6 heterocycles. The van der Waals surface area contributed by atoms with Crippen molar-refractivity contribution in [3.63, 3.8) is 0 Å². The summed E-state index contributed by atoms with van der Waals surface area (Å²) in [4.78, 5) is 74.3. The van der Waals surface area contributed by atoms with Gasteiger partial charge in [-0.15, -0.1) is 0 Å². The molecular weight excluding hydrogens is 831 g/mol. The quantitative estimate of drug-likeness (QED) is 0.105. The van der Waals surface area contributed by atoms with E-state index in [4.69, 9.17) is 33.7 Å². The summed E-state index contributed by atoms with van der Waals surface area (Å²) < 4.78 is 27.5. The van der Waals surface area contributed by atoms with E-state index in [0.29, 0.717) is 38.5 Å². The lowest BCUT2D eigenvalue weighted by Gasteiger charge is -2.36. The van der Waals surface area contributed by atoms with Crippen LogP contribution in [0.2, 0.25) is 0 Å². The molecule has 4 aliphatic rings. The fraction of sp³-hybridized carbons (Fsp3) is 0.510. The number of H-pyrrole nitrogens is 2. The van der Waals surface area contributed by atoms with Gasteiger partial charge in [-0.1, -0.05) is 25.1 Å². The smallest absolute Gasteiger partial charge is 0.407 e. The van der Waals surface area contributed by atoms with E-state index in [1.54, 1.807) is 14.0 Å². The van der Waals surface area contributed by atoms with Crippen LogP contribution in [0.3, 0.4) is 0 Å². The first-order valence-corrected chi connectivity index (χ1v) is 23.0. The van der Waals surface area contributed by atoms with Gasteiger partial charge >= 0.3 is 12.1 Å². The van der Waals surface area contributed by atoms with Gasteiger partial charge in [-0.2, -0.15) is 0 Å². The van der Waals surface area contributed by atoms with E-state index >= 15 is 0 Å². The van der Waals surface area contributed by atoms with Crippen molar-refractivity contribution in [2.75, 3.05) is 34.5 Å². The van der Waals surface area contributed by atoms with Gasteiger partial charge in [-0.25, -0.2) is 14.8 Å². The molecule has 0 aliphatic carbocycles. The molecule has 16 heteroatoms. The van der Waals surface area contributed by atoms with Gasteiger partial charge in [0.2, 0.25) is 11.8 Å². The fourth-order valence-corrected chi connectivity index (χ4v) is 10.6. The van der Waals surface area contributed by atoms with Crippen LogP contribution in [0.4, 0.5) is 4.79 Å². The van der Waals surface area contributed by atoms with Crippen molar-refractivity contribution < 1.29 is 42.9 Å². The van der Waals surface area contributed by atoms with Gasteiger partial charge in [0.25, 0.3) is 0 Å². The molecule has 1 unspecified atom stereocenters. The minimum atomic E-state index is -0.715. The molecule has 16 nitrogen and oxygen atoms in total. The SMILES string of the molecule is CC[C@H]1CC[C@@H](c2ncc(-c3ccc4c(c3)COc3cc5c(ccc6[nH]c([C@@H]7CC[C@H](C)N7C(=O)[C@@H](CC(=O)OC)[C@@H](C)OC)nc65)cc3-4)[nH]2)N1C(=O)C(NC(=O)OC)C1CCOCC1.